The number of para-hydroxylation sites is 1. The Morgan fingerprint density at radius 2 is 2.13 bits per heavy atom. The first kappa shape index (κ1) is 19.1. The number of nitro benzene ring substituents is 1. The van der Waals surface area contributed by atoms with Crippen LogP contribution in [0.2, 0.25) is 0 Å². The van der Waals surface area contributed by atoms with E-state index in [0.717, 1.165) is 16.9 Å². The van der Waals surface area contributed by atoms with Crippen molar-refractivity contribution < 1.29 is 14.5 Å². The number of non-ortho nitro benzene ring substituents is 1. The second-order valence-corrected chi connectivity index (χ2v) is 7.97. The van der Waals surface area contributed by atoms with Crippen LogP contribution in [0.5, 0.6) is 0 Å². The number of benzene rings is 2. The molecule has 1 fully saturated rings. The van der Waals surface area contributed by atoms with Crippen LogP contribution in [0.1, 0.15) is 24.5 Å². The highest BCUT2D eigenvalue weighted by Gasteiger charge is 2.71. The van der Waals surface area contributed by atoms with Gasteiger partial charge in [0.2, 0.25) is 5.41 Å². The van der Waals surface area contributed by atoms with E-state index in [4.69, 9.17) is 4.74 Å². The van der Waals surface area contributed by atoms with E-state index in [0.29, 0.717) is 24.1 Å². The van der Waals surface area contributed by atoms with Gasteiger partial charge in [0.25, 0.3) is 5.69 Å². The van der Waals surface area contributed by atoms with E-state index in [1.54, 1.807) is 19.1 Å². The highest BCUT2D eigenvalue weighted by Crippen LogP contribution is 2.65. The molecule has 1 aliphatic carbocycles. The molecule has 156 valence electrons. The number of rotatable bonds is 4. The van der Waals surface area contributed by atoms with Gasteiger partial charge in [-0.15, -0.1) is 0 Å². The summed E-state index contributed by atoms with van der Waals surface area (Å²) in [6, 6.07) is 15.6. The Balaban J connectivity index is 1.85. The summed E-state index contributed by atoms with van der Waals surface area (Å²) >= 11 is 0. The van der Waals surface area contributed by atoms with Crippen LogP contribution in [-0.2, 0) is 14.9 Å². The lowest BCUT2D eigenvalue weighted by molar-refractivity contribution is -0.384. The number of anilines is 1. The minimum absolute atomic E-state index is 0.0984. The minimum atomic E-state index is -1.66. The maximum absolute atomic E-state index is 13.4. The third-order valence-electron chi connectivity index (χ3n) is 6.66. The first-order chi connectivity index (χ1) is 15.0. The molecule has 0 amide bonds. The molecule has 0 bridgehead atoms. The number of hydrogen-bond donors (Lipinski definition) is 2. The van der Waals surface area contributed by atoms with E-state index < -0.39 is 27.8 Å². The molecule has 2 aliphatic heterocycles. The molecule has 1 spiro atoms. The Kier molecular flexibility index (Phi) is 4.05. The van der Waals surface area contributed by atoms with Gasteiger partial charge in [-0.05, 0) is 30.5 Å². The Morgan fingerprint density at radius 1 is 1.32 bits per heavy atom. The number of carbonyl (C=O) groups excluding carboxylic acids is 1. The number of carbonyl (C=O) groups is 1. The molecule has 0 saturated carbocycles. The molecular formula is C23H20N4O4. The van der Waals surface area contributed by atoms with E-state index in [1.807, 2.05) is 24.3 Å². The molecule has 2 aromatic carbocycles. The molecule has 8 nitrogen and oxygen atoms in total. The zero-order valence-corrected chi connectivity index (χ0v) is 16.8. The standard InChI is InChI=1S/C23H20N4O4/c1-2-31-21(28)23(13-24)18(14-6-5-7-15(12-14)27(29)30)19-22(10-11-25-19)16-8-3-4-9-17(16)26-20(22)23/h3-9,12,20,25-26H,2,10-11H2,1H3/t20?,22?,23-/m0/s1. The van der Waals surface area contributed by atoms with E-state index in [1.165, 1.54) is 12.1 Å². The van der Waals surface area contributed by atoms with Crippen molar-refractivity contribution in [2.24, 2.45) is 5.41 Å². The molecule has 5 rings (SSSR count). The van der Waals surface area contributed by atoms with Crippen molar-refractivity contribution in [2.45, 2.75) is 24.8 Å². The average Bonchev–Trinajstić information content (AvgIpc) is 3.40. The lowest BCUT2D eigenvalue weighted by atomic mass is 9.69. The van der Waals surface area contributed by atoms with Crippen LogP contribution in [0.3, 0.4) is 0 Å². The molecule has 8 heteroatoms. The molecule has 1 saturated heterocycles. The summed E-state index contributed by atoms with van der Waals surface area (Å²) in [5, 5.41) is 28.8. The number of nitriles is 1. The van der Waals surface area contributed by atoms with Gasteiger partial charge in [-0.3, -0.25) is 10.1 Å². The Bertz CT molecular complexity index is 1200. The van der Waals surface area contributed by atoms with Gasteiger partial charge in [0.1, 0.15) is 0 Å². The summed E-state index contributed by atoms with van der Waals surface area (Å²) in [6.07, 6.45) is 0.693. The quantitative estimate of drug-likeness (QED) is 0.447. The van der Waals surface area contributed by atoms with Crippen LogP contribution in [0.15, 0.2) is 54.2 Å². The van der Waals surface area contributed by atoms with Crippen molar-refractivity contribution in [1.82, 2.24) is 5.32 Å². The summed E-state index contributed by atoms with van der Waals surface area (Å²) in [4.78, 5) is 24.4. The fourth-order valence-corrected chi connectivity index (χ4v) is 5.57. The molecule has 31 heavy (non-hydrogen) atoms. The molecular weight excluding hydrogens is 396 g/mol. The number of fused-ring (bicyclic) bond motifs is 1. The zero-order chi connectivity index (χ0) is 21.8. The van der Waals surface area contributed by atoms with Gasteiger partial charge in [0, 0.05) is 35.6 Å². The van der Waals surface area contributed by atoms with E-state index in [2.05, 4.69) is 16.7 Å². The zero-order valence-electron chi connectivity index (χ0n) is 16.8. The van der Waals surface area contributed by atoms with Crippen molar-refractivity contribution in [3.63, 3.8) is 0 Å². The molecule has 3 aliphatic rings. The average molecular weight is 416 g/mol. The summed E-state index contributed by atoms with van der Waals surface area (Å²) in [7, 11) is 0. The van der Waals surface area contributed by atoms with Crippen LogP contribution in [-0.4, -0.2) is 30.1 Å². The van der Waals surface area contributed by atoms with Gasteiger partial charge in [-0.1, -0.05) is 30.3 Å². The lowest BCUT2D eigenvalue weighted by Crippen LogP contribution is -2.50. The monoisotopic (exact) mass is 416 g/mol. The Hall–Kier alpha value is -3.86. The summed E-state index contributed by atoms with van der Waals surface area (Å²) in [5.41, 5.74) is 1.23. The third kappa shape index (κ3) is 2.26. The summed E-state index contributed by atoms with van der Waals surface area (Å²) in [6.45, 7) is 2.49. The SMILES string of the molecule is CCOC(=O)[C@@]1(C#N)C(c2cccc([N+](=O)[O-])c2)=C2NCCC23c2ccccc2NC31. The molecule has 2 aromatic rings. The number of nitrogens with zero attached hydrogens (tertiary/aromatic N) is 2. The second-order valence-electron chi connectivity index (χ2n) is 7.97. The molecule has 3 atom stereocenters. The maximum Gasteiger partial charge on any atom is 0.333 e. The van der Waals surface area contributed by atoms with Crippen molar-refractivity contribution in [3.8, 4) is 6.07 Å². The smallest absolute Gasteiger partial charge is 0.333 e. The van der Waals surface area contributed by atoms with Crippen molar-refractivity contribution in [2.75, 3.05) is 18.5 Å². The molecule has 0 aromatic heterocycles. The van der Waals surface area contributed by atoms with Gasteiger partial charge < -0.3 is 15.4 Å². The summed E-state index contributed by atoms with van der Waals surface area (Å²) < 4.78 is 5.42. The van der Waals surface area contributed by atoms with Crippen molar-refractivity contribution in [3.05, 3.63) is 75.5 Å². The normalized spacial score (nSPS) is 27.4. The number of nitrogens with one attached hydrogen (secondary N) is 2. The highest BCUT2D eigenvalue weighted by atomic mass is 16.6. The molecule has 2 N–H and O–H groups in total. The largest absolute Gasteiger partial charge is 0.464 e. The predicted octanol–water partition coefficient (Wildman–Crippen LogP) is 3.12. The van der Waals surface area contributed by atoms with Crippen LogP contribution >= 0.6 is 0 Å². The maximum atomic E-state index is 13.4. The minimum Gasteiger partial charge on any atom is -0.464 e. The van der Waals surface area contributed by atoms with Crippen molar-refractivity contribution >= 4 is 22.9 Å². The van der Waals surface area contributed by atoms with Gasteiger partial charge in [0.15, 0.2) is 0 Å². The second kappa shape index (κ2) is 6.57. The molecule has 0 radical (unpaired) electrons. The number of nitro groups is 1. The highest BCUT2D eigenvalue weighted by molar-refractivity contribution is 6.04. The van der Waals surface area contributed by atoms with Crippen molar-refractivity contribution in [1.29, 1.82) is 5.26 Å². The fourth-order valence-electron chi connectivity index (χ4n) is 5.57. The van der Waals surface area contributed by atoms with Crippen LogP contribution < -0.4 is 10.6 Å². The third-order valence-corrected chi connectivity index (χ3v) is 6.66. The topological polar surface area (TPSA) is 117 Å². The van der Waals surface area contributed by atoms with Crippen LogP contribution in [0.4, 0.5) is 11.4 Å². The summed E-state index contributed by atoms with van der Waals surface area (Å²) in [5.74, 6) is -0.646. The van der Waals surface area contributed by atoms with Crippen LogP contribution in [0.25, 0.3) is 5.57 Å². The van der Waals surface area contributed by atoms with Crippen LogP contribution in [0, 0.1) is 26.9 Å². The first-order valence-electron chi connectivity index (χ1n) is 10.2. The molecule has 2 unspecified atom stereocenters. The number of esters is 1. The van der Waals surface area contributed by atoms with Gasteiger partial charge >= 0.3 is 5.97 Å². The van der Waals surface area contributed by atoms with E-state index >= 15 is 0 Å². The Labute approximate surface area is 178 Å². The lowest BCUT2D eigenvalue weighted by Gasteiger charge is -2.33. The predicted molar refractivity (Wildman–Crippen MR) is 113 cm³/mol. The van der Waals surface area contributed by atoms with E-state index in [-0.39, 0.29) is 12.3 Å². The number of hydrogen-bond acceptors (Lipinski definition) is 7. The molecule has 2 heterocycles. The first-order valence-corrected chi connectivity index (χ1v) is 10.2. The fraction of sp³-hybridized carbons (Fsp3) is 0.304. The van der Waals surface area contributed by atoms with E-state index in [9.17, 15) is 20.2 Å². The van der Waals surface area contributed by atoms with Gasteiger partial charge in [-0.25, -0.2) is 4.79 Å². The Morgan fingerprint density at radius 3 is 2.87 bits per heavy atom. The number of ether oxygens (including phenoxy) is 1. The van der Waals surface area contributed by atoms with Gasteiger partial charge in [0.05, 0.1) is 29.1 Å². The van der Waals surface area contributed by atoms with Gasteiger partial charge in [-0.2, -0.15) is 5.26 Å².